The molecule has 0 aromatic rings. The molecule has 1 N–H and O–H groups in total. The van der Waals surface area contributed by atoms with E-state index >= 15 is 0 Å². The average Bonchev–Trinajstić information content (AvgIpc) is 3.06. The van der Waals surface area contributed by atoms with Crippen molar-refractivity contribution < 1.29 is 0 Å². The van der Waals surface area contributed by atoms with Crippen LogP contribution in [-0.4, -0.2) is 85.6 Å². The van der Waals surface area contributed by atoms with Gasteiger partial charge in [0.2, 0.25) is 0 Å². The fourth-order valence-electron chi connectivity index (χ4n) is 4.59. The summed E-state index contributed by atoms with van der Waals surface area (Å²) < 4.78 is 0. The third kappa shape index (κ3) is 8.44. The molecule has 0 aliphatic carbocycles. The standard InChI is InChI=1S/C21H43N5.HI/c1-18(2)26(19(3)4)14-9-11-23-21(22-5)25-15-10-20(17-25)16-24-12-7-6-8-13-24;/h18-20H,6-17H2,1-5H3,(H,22,23);1H. The third-order valence-corrected chi connectivity index (χ3v) is 5.97. The number of rotatable bonds is 8. The van der Waals surface area contributed by atoms with E-state index in [4.69, 9.17) is 0 Å². The van der Waals surface area contributed by atoms with E-state index in [1.54, 1.807) is 0 Å². The molecule has 2 rings (SSSR count). The maximum atomic E-state index is 4.54. The quantitative estimate of drug-likeness (QED) is 0.243. The maximum absolute atomic E-state index is 4.54. The Morgan fingerprint density at radius 1 is 1.07 bits per heavy atom. The topological polar surface area (TPSA) is 34.1 Å². The highest BCUT2D eigenvalue weighted by atomic mass is 127. The molecule has 0 spiro atoms. The minimum Gasteiger partial charge on any atom is -0.356 e. The molecule has 6 heteroatoms. The molecule has 0 amide bonds. The van der Waals surface area contributed by atoms with Crippen molar-refractivity contribution in [1.82, 2.24) is 20.0 Å². The van der Waals surface area contributed by atoms with Crippen LogP contribution < -0.4 is 5.32 Å². The van der Waals surface area contributed by atoms with Crippen molar-refractivity contribution in [2.24, 2.45) is 10.9 Å². The molecule has 27 heavy (non-hydrogen) atoms. The normalized spacial score (nSPS) is 22.0. The van der Waals surface area contributed by atoms with E-state index in [0.29, 0.717) is 12.1 Å². The first kappa shape index (κ1) is 25.0. The molecule has 1 unspecified atom stereocenters. The molecule has 2 fully saturated rings. The van der Waals surface area contributed by atoms with Gasteiger partial charge in [0, 0.05) is 51.9 Å². The van der Waals surface area contributed by atoms with E-state index < -0.39 is 0 Å². The van der Waals surface area contributed by atoms with Crippen molar-refractivity contribution in [2.45, 2.75) is 71.9 Å². The summed E-state index contributed by atoms with van der Waals surface area (Å²) in [5, 5.41) is 3.60. The summed E-state index contributed by atoms with van der Waals surface area (Å²) in [5.41, 5.74) is 0. The number of nitrogens with zero attached hydrogens (tertiary/aromatic N) is 4. The Balaban J connectivity index is 0.00000364. The van der Waals surface area contributed by atoms with E-state index in [-0.39, 0.29) is 24.0 Å². The average molecular weight is 494 g/mol. The van der Waals surface area contributed by atoms with Crippen LogP contribution in [0.3, 0.4) is 0 Å². The molecule has 2 saturated heterocycles. The van der Waals surface area contributed by atoms with Gasteiger partial charge in [-0.1, -0.05) is 6.42 Å². The van der Waals surface area contributed by atoms with E-state index in [1.165, 1.54) is 58.3 Å². The molecule has 2 heterocycles. The van der Waals surface area contributed by atoms with Gasteiger partial charge in [0.15, 0.2) is 5.96 Å². The second-order valence-electron chi connectivity index (χ2n) is 8.71. The lowest BCUT2D eigenvalue weighted by Gasteiger charge is -2.31. The summed E-state index contributed by atoms with van der Waals surface area (Å²) in [6.07, 6.45) is 6.69. The van der Waals surface area contributed by atoms with Gasteiger partial charge in [-0.15, -0.1) is 24.0 Å². The van der Waals surface area contributed by atoms with Gasteiger partial charge in [-0.25, -0.2) is 0 Å². The number of likely N-dealkylation sites (tertiary alicyclic amines) is 2. The van der Waals surface area contributed by atoms with Gasteiger partial charge in [-0.05, 0) is 72.4 Å². The zero-order chi connectivity index (χ0) is 18.9. The van der Waals surface area contributed by atoms with Crippen LogP contribution in [0.1, 0.15) is 59.8 Å². The summed E-state index contributed by atoms with van der Waals surface area (Å²) in [6.45, 7) is 17.5. The van der Waals surface area contributed by atoms with E-state index in [2.05, 4.69) is 52.7 Å². The zero-order valence-electron chi connectivity index (χ0n) is 18.4. The molecular weight excluding hydrogens is 449 g/mol. The highest BCUT2D eigenvalue weighted by molar-refractivity contribution is 14.0. The first-order chi connectivity index (χ1) is 12.5. The van der Waals surface area contributed by atoms with Crippen molar-refractivity contribution in [3.63, 3.8) is 0 Å². The summed E-state index contributed by atoms with van der Waals surface area (Å²) in [7, 11) is 1.93. The van der Waals surface area contributed by atoms with Crippen LogP contribution in [-0.2, 0) is 0 Å². The predicted molar refractivity (Wildman–Crippen MR) is 128 cm³/mol. The van der Waals surface area contributed by atoms with Crippen LogP contribution in [0, 0.1) is 5.92 Å². The Bertz CT molecular complexity index is 413. The molecule has 5 nitrogen and oxygen atoms in total. The lowest BCUT2D eigenvalue weighted by Crippen LogP contribution is -2.43. The van der Waals surface area contributed by atoms with Crippen molar-refractivity contribution >= 4 is 29.9 Å². The van der Waals surface area contributed by atoms with Gasteiger partial charge in [-0.3, -0.25) is 9.89 Å². The summed E-state index contributed by atoms with van der Waals surface area (Å²) in [4.78, 5) is 12.3. The summed E-state index contributed by atoms with van der Waals surface area (Å²) in [6, 6.07) is 1.23. The van der Waals surface area contributed by atoms with E-state index in [0.717, 1.165) is 31.5 Å². The first-order valence-corrected chi connectivity index (χ1v) is 10.9. The minimum atomic E-state index is 0. The van der Waals surface area contributed by atoms with Crippen LogP contribution in [0.4, 0.5) is 0 Å². The molecule has 2 aliphatic heterocycles. The third-order valence-electron chi connectivity index (χ3n) is 5.97. The molecule has 0 aromatic carbocycles. The van der Waals surface area contributed by atoms with Gasteiger partial charge in [0.1, 0.15) is 0 Å². The Kier molecular flexibility index (Phi) is 12.2. The molecule has 0 radical (unpaired) electrons. The Morgan fingerprint density at radius 3 is 2.33 bits per heavy atom. The SMILES string of the molecule is CN=C(NCCCN(C(C)C)C(C)C)N1CCC(CN2CCCCC2)C1.I. The van der Waals surface area contributed by atoms with Crippen molar-refractivity contribution in [1.29, 1.82) is 0 Å². The van der Waals surface area contributed by atoms with Gasteiger partial charge in [-0.2, -0.15) is 0 Å². The largest absolute Gasteiger partial charge is 0.356 e. The maximum Gasteiger partial charge on any atom is 0.193 e. The minimum absolute atomic E-state index is 0. The zero-order valence-corrected chi connectivity index (χ0v) is 20.7. The van der Waals surface area contributed by atoms with Crippen LogP contribution in [0.25, 0.3) is 0 Å². The Labute approximate surface area is 185 Å². The number of halogens is 1. The van der Waals surface area contributed by atoms with Crippen molar-refractivity contribution in [3.05, 3.63) is 0 Å². The van der Waals surface area contributed by atoms with Gasteiger partial charge in [0.25, 0.3) is 0 Å². The van der Waals surface area contributed by atoms with Gasteiger partial charge in [0.05, 0.1) is 0 Å². The summed E-state index contributed by atoms with van der Waals surface area (Å²) >= 11 is 0. The number of hydrogen-bond acceptors (Lipinski definition) is 3. The van der Waals surface area contributed by atoms with Crippen LogP contribution in [0.5, 0.6) is 0 Å². The smallest absolute Gasteiger partial charge is 0.193 e. The molecule has 0 aromatic heterocycles. The van der Waals surface area contributed by atoms with Crippen LogP contribution >= 0.6 is 24.0 Å². The monoisotopic (exact) mass is 493 g/mol. The lowest BCUT2D eigenvalue weighted by molar-refractivity contribution is 0.173. The number of aliphatic imine (C=N–C) groups is 1. The molecule has 0 saturated carbocycles. The fourth-order valence-corrected chi connectivity index (χ4v) is 4.59. The molecule has 2 aliphatic rings. The highest BCUT2D eigenvalue weighted by Crippen LogP contribution is 2.19. The van der Waals surface area contributed by atoms with Crippen LogP contribution in [0.15, 0.2) is 4.99 Å². The first-order valence-electron chi connectivity index (χ1n) is 10.9. The van der Waals surface area contributed by atoms with Crippen LogP contribution in [0.2, 0.25) is 0 Å². The van der Waals surface area contributed by atoms with Crippen molar-refractivity contribution in [3.8, 4) is 0 Å². The predicted octanol–water partition coefficient (Wildman–Crippen LogP) is 3.50. The lowest BCUT2D eigenvalue weighted by atomic mass is 10.1. The Morgan fingerprint density at radius 2 is 1.74 bits per heavy atom. The van der Waals surface area contributed by atoms with E-state index in [1.807, 2.05) is 7.05 Å². The van der Waals surface area contributed by atoms with E-state index in [9.17, 15) is 0 Å². The fraction of sp³-hybridized carbons (Fsp3) is 0.952. The summed E-state index contributed by atoms with van der Waals surface area (Å²) in [5.74, 6) is 1.91. The number of nitrogens with one attached hydrogen (secondary N) is 1. The number of piperidine rings is 1. The Hall–Kier alpha value is -0.0800. The molecule has 160 valence electrons. The van der Waals surface area contributed by atoms with Crippen molar-refractivity contribution in [2.75, 3.05) is 52.9 Å². The number of guanidine groups is 1. The highest BCUT2D eigenvalue weighted by Gasteiger charge is 2.26. The molecule has 1 atom stereocenters. The second-order valence-corrected chi connectivity index (χ2v) is 8.71. The van der Waals surface area contributed by atoms with Gasteiger partial charge < -0.3 is 15.1 Å². The number of hydrogen-bond donors (Lipinski definition) is 1. The second kappa shape index (κ2) is 13.2. The van der Waals surface area contributed by atoms with Gasteiger partial charge >= 0.3 is 0 Å². The molecule has 0 bridgehead atoms. The molecular formula is C21H44IN5.